The lowest BCUT2D eigenvalue weighted by atomic mass is 10.1. The van der Waals surface area contributed by atoms with Crippen LogP contribution in [0.5, 0.6) is 0 Å². The number of nitrogens with two attached hydrogens (primary N) is 1. The normalized spacial score (nSPS) is 11.2. The predicted octanol–water partition coefficient (Wildman–Crippen LogP) is 3.24. The molecule has 0 aromatic carbocycles. The van der Waals surface area contributed by atoms with Crippen LogP contribution in [-0.2, 0) is 6.42 Å². The molecule has 6 heteroatoms. The van der Waals surface area contributed by atoms with E-state index < -0.39 is 0 Å². The summed E-state index contributed by atoms with van der Waals surface area (Å²) in [6.45, 7) is 4.33. The Bertz CT molecular complexity index is 766. The van der Waals surface area contributed by atoms with Crippen LogP contribution in [0.2, 0.25) is 0 Å². The molecule has 0 aliphatic rings. The lowest BCUT2D eigenvalue weighted by Crippen LogP contribution is -2.11. The molecule has 0 fully saturated rings. The molecule has 5 nitrogen and oxygen atoms in total. The Labute approximate surface area is 127 Å². The maximum atomic E-state index is 5.52. The van der Waals surface area contributed by atoms with Crippen molar-refractivity contribution in [1.29, 1.82) is 0 Å². The molecule has 0 bridgehead atoms. The molecule has 0 radical (unpaired) electrons. The van der Waals surface area contributed by atoms with Crippen LogP contribution >= 0.6 is 11.3 Å². The van der Waals surface area contributed by atoms with Gasteiger partial charge in [0.05, 0.1) is 10.2 Å². The molecule has 3 rings (SSSR count). The summed E-state index contributed by atoms with van der Waals surface area (Å²) in [6.07, 6.45) is 2.70. The molecule has 0 saturated carbocycles. The predicted molar refractivity (Wildman–Crippen MR) is 87.0 cm³/mol. The molecule has 0 saturated heterocycles. The number of nitrogens with zero attached hydrogens (tertiary/aromatic N) is 3. The second-order valence-electron chi connectivity index (χ2n) is 5.34. The van der Waals surface area contributed by atoms with Crippen LogP contribution in [0.15, 0.2) is 29.8 Å². The molecule has 3 heterocycles. The molecule has 3 aromatic heterocycles. The van der Waals surface area contributed by atoms with Crippen LogP contribution in [0.25, 0.3) is 21.6 Å². The van der Waals surface area contributed by atoms with Crippen LogP contribution in [0.4, 0.5) is 5.82 Å². The Kier molecular flexibility index (Phi) is 3.81. The molecule has 0 atom stereocenters. The van der Waals surface area contributed by atoms with Crippen LogP contribution in [-0.4, -0.2) is 15.0 Å². The monoisotopic (exact) mass is 299 g/mol. The number of anilines is 1. The first-order valence-corrected chi connectivity index (χ1v) is 7.72. The van der Waals surface area contributed by atoms with Crippen molar-refractivity contribution in [1.82, 2.24) is 15.0 Å². The number of rotatable bonds is 4. The summed E-state index contributed by atoms with van der Waals surface area (Å²) in [7, 11) is 0. The smallest absolute Gasteiger partial charge is 0.163 e. The average molecular weight is 299 g/mol. The summed E-state index contributed by atoms with van der Waals surface area (Å²) in [5.74, 6) is 7.32. The minimum atomic E-state index is 0.524. The summed E-state index contributed by atoms with van der Waals surface area (Å²) >= 11 is 1.66. The van der Waals surface area contributed by atoms with Gasteiger partial charge in [0.2, 0.25) is 0 Å². The summed E-state index contributed by atoms with van der Waals surface area (Å²) in [5.41, 5.74) is 5.50. The highest BCUT2D eigenvalue weighted by Gasteiger charge is 2.09. The van der Waals surface area contributed by atoms with Gasteiger partial charge >= 0.3 is 0 Å². The number of thiophene rings is 1. The third-order valence-corrected chi connectivity index (χ3v) is 3.96. The van der Waals surface area contributed by atoms with E-state index in [0.29, 0.717) is 17.6 Å². The van der Waals surface area contributed by atoms with Gasteiger partial charge in [-0.15, -0.1) is 11.3 Å². The van der Waals surface area contributed by atoms with Gasteiger partial charge in [-0.3, -0.25) is 4.98 Å². The maximum Gasteiger partial charge on any atom is 0.163 e. The Morgan fingerprint density at radius 2 is 2.14 bits per heavy atom. The van der Waals surface area contributed by atoms with E-state index in [1.165, 1.54) is 0 Å². The first-order valence-electron chi connectivity index (χ1n) is 6.84. The fraction of sp³-hybridized carbons (Fsp3) is 0.267. The molecule has 3 aromatic rings. The highest BCUT2D eigenvalue weighted by atomic mass is 32.1. The molecule has 0 spiro atoms. The van der Waals surface area contributed by atoms with Gasteiger partial charge < -0.3 is 5.43 Å². The lowest BCUT2D eigenvalue weighted by Gasteiger charge is -2.09. The van der Waals surface area contributed by atoms with Gasteiger partial charge in [-0.05, 0) is 29.9 Å². The third kappa shape index (κ3) is 3.01. The largest absolute Gasteiger partial charge is 0.308 e. The zero-order chi connectivity index (χ0) is 14.8. The number of hydrogen-bond acceptors (Lipinski definition) is 6. The van der Waals surface area contributed by atoms with Crippen molar-refractivity contribution < 1.29 is 0 Å². The van der Waals surface area contributed by atoms with Crippen LogP contribution in [0.1, 0.15) is 19.5 Å². The van der Waals surface area contributed by atoms with Gasteiger partial charge in [0.15, 0.2) is 5.82 Å². The topological polar surface area (TPSA) is 76.7 Å². The summed E-state index contributed by atoms with van der Waals surface area (Å²) in [4.78, 5) is 13.5. The van der Waals surface area contributed by atoms with E-state index in [1.807, 2.05) is 23.7 Å². The van der Waals surface area contributed by atoms with Gasteiger partial charge in [0.25, 0.3) is 0 Å². The molecule has 0 aliphatic carbocycles. The van der Waals surface area contributed by atoms with E-state index in [-0.39, 0.29) is 0 Å². The van der Waals surface area contributed by atoms with Crippen molar-refractivity contribution in [3.05, 3.63) is 35.5 Å². The van der Waals surface area contributed by atoms with Gasteiger partial charge in [-0.1, -0.05) is 13.8 Å². The molecular formula is C15H17N5S. The average Bonchev–Trinajstić information content (AvgIpc) is 2.93. The Balaban J connectivity index is 2.06. The molecule has 0 unspecified atom stereocenters. The quantitative estimate of drug-likeness (QED) is 0.571. The van der Waals surface area contributed by atoms with Gasteiger partial charge in [0, 0.05) is 23.5 Å². The standard InChI is InChI=1S/C15H17N5S/c1-9(2)5-11-7-14(20-16)19-15(18-11)10-6-13-12(17-8-10)3-4-21-13/h3-4,6-9H,5,16H2,1-2H3,(H,18,19,20). The van der Waals surface area contributed by atoms with E-state index >= 15 is 0 Å². The van der Waals surface area contributed by atoms with Crippen LogP contribution < -0.4 is 11.3 Å². The van der Waals surface area contributed by atoms with Crippen molar-refractivity contribution >= 4 is 27.4 Å². The number of nitrogens with one attached hydrogen (secondary N) is 1. The second kappa shape index (κ2) is 5.75. The Hall–Kier alpha value is -2.05. The highest BCUT2D eigenvalue weighted by molar-refractivity contribution is 7.17. The van der Waals surface area contributed by atoms with Crippen LogP contribution in [0.3, 0.4) is 0 Å². The van der Waals surface area contributed by atoms with Gasteiger partial charge in [-0.25, -0.2) is 15.8 Å². The van der Waals surface area contributed by atoms with E-state index in [1.54, 1.807) is 11.3 Å². The molecular weight excluding hydrogens is 282 g/mol. The summed E-state index contributed by atoms with van der Waals surface area (Å²) in [6, 6.07) is 5.97. The highest BCUT2D eigenvalue weighted by Crippen LogP contribution is 2.25. The minimum Gasteiger partial charge on any atom is -0.308 e. The van der Waals surface area contributed by atoms with Crippen molar-refractivity contribution in [2.45, 2.75) is 20.3 Å². The van der Waals surface area contributed by atoms with E-state index in [9.17, 15) is 0 Å². The minimum absolute atomic E-state index is 0.524. The zero-order valence-electron chi connectivity index (χ0n) is 12.0. The first-order chi connectivity index (χ1) is 10.2. The summed E-state index contributed by atoms with van der Waals surface area (Å²) in [5, 5.41) is 2.03. The number of hydrazine groups is 1. The number of nitrogen functional groups attached to an aromatic ring is 1. The fourth-order valence-corrected chi connectivity index (χ4v) is 2.97. The third-order valence-electron chi connectivity index (χ3n) is 3.11. The molecule has 108 valence electrons. The lowest BCUT2D eigenvalue weighted by molar-refractivity contribution is 0.635. The maximum absolute atomic E-state index is 5.52. The number of aromatic nitrogens is 3. The first kappa shape index (κ1) is 13.9. The second-order valence-corrected chi connectivity index (χ2v) is 6.29. The summed E-state index contributed by atoms with van der Waals surface area (Å²) < 4.78 is 1.13. The van der Waals surface area contributed by atoms with Gasteiger partial charge in [0.1, 0.15) is 5.82 Å². The molecule has 0 aliphatic heterocycles. The van der Waals surface area contributed by atoms with Crippen molar-refractivity contribution in [2.24, 2.45) is 11.8 Å². The Morgan fingerprint density at radius 1 is 1.29 bits per heavy atom. The van der Waals surface area contributed by atoms with Gasteiger partial charge in [-0.2, -0.15) is 0 Å². The van der Waals surface area contributed by atoms with E-state index in [2.05, 4.69) is 40.3 Å². The SMILES string of the molecule is CC(C)Cc1cc(NN)nc(-c2cnc3ccsc3c2)n1. The molecule has 21 heavy (non-hydrogen) atoms. The van der Waals surface area contributed by atoms with Crippen LogP contribution in [0, 0.1) is 5.92 Å². The van der Waals surface area contributed by atoms with E-state index in [0.717, 1.165) is 27.9 Å². The number of hydrogen-bond donors (Lipinski definition) is 2. The fourth-order valence-electron chi connectivity index (χ4n) is 2.19. The Morgan fingerprint density at radius 3 is 2.90 bits per heavy atom. The van der Waals surface area contributed by atoms with E-state index in [4.69, 9.17) is 5.84 Å². The molecule has 0 amide bonds. The number of pyridine rings is 1. The number of fused-ring (bicyclic) bond motifs is 1. The zero-order valence-corrected chi connectivity index (χ0v) is 12.8. The van der Waals surface area contributed by atoms with Crippen molar-refractivity contribution in [3.8, 4) is 11.4 Å². The van der Waals surface area contributed by atoms with Crippen molar-refractivity contribution in [3.63, 3.8) is 0 Å². The molecule has 3 N–H and O–H groups in total. The van der Waals surface area contributed by atoms with Crippen molar-refractivity contribution in [2.75, 3.05) is 5.43 Å².